The van der Waals surface area contributed by atoms with Crippen molar-refractivity contribution in [3.63, 3.8) is 0 Å². The molecule has 1 amide bonds. The summed E-state index contributed by atoms with van der Waals surface area (Å²) in [5, 5.41) is 0. The smallest absolute Gasteiger partial charge is 0.249 e. The van der Waals surface area contributed by atoms with E-state index in [4.69, 9.17) is 9.47 Å². The molecule has 154 valence electrons. The predicted octanol–water partition coefficient (Wildman–Crippen LogP) is 4.75. The van der Waals surface area contributed by atoms with E-state index in [0.717, 1.165) is 20.9 Å². The number of ether oxygens (including phenoxy) is 2. The fourth-order valence-corrected chi connectivity index (χ4v) is 4.81. The molecule has 29 heavy (non-hydrogen) atoms. The summed E-state index contributed by atoms with van der Waals surface area (Å²) in [6.45, 7) is 6.47. The molecule has 3 rings (SSSR count). The molecule has 3 aromatic rings. The number of aromatic nitrogens is 1. The van der Waals surface area contributed by atoms with Crippen molar-refractivity contribution in [1.82, 2.24) is 4.57 Å². The third kappa shape index (κ3) is 6.19. The van der Waals surface area contributed by atoms with Gasteiger partial charge in [-0.05, 0) is 44.2 Å². The van der Waals surface area contributed by atoms with Crippen molar-refractivity contribution in [2.45, 2.75) is 31.7 Å². The minimum atomic E-state index is -0.102. The Morgan fingerprint density at radius 2 is 1.97 bits per heavy atom. The molecule has 0 unspecified atom stereocenters. The zero-order valence-electron chi connectivity index (χ0n) is 16.8. The summed E-state index contributed by atoms with van der Waals surface area (Å²) >= 11 is 3.19. The molecule has 0 spiro atoms. The van der Waals surface area contributed by atoms with E-state index in [1.54, 1.807) is 11.8 Å². The highest BCUT2D eigenvalue weighted by atomic mass is 32.2. The first-order valence-electron chi connectivity index (χ1n) is 9.80. The van der Waals surface area contributed by atoms with Gasteiger partial charge in [-0.15, -0.1) is 11.8 Å². The number of amides is 1. The summed E-state index contributed by atoms with van der Waals surface area (Å²) in [7, 11) is 0. The molecule has 2 aromatic carbocycles. The molecule has 0 saturated heterocycles. The van der Waals surface area contributed by atoms with Crippen LogP contribution in [-0.2, 0) is 16.1 Å². The number of hydrogen-bond donors (Lipinski definition) is 0. The van der Waals surface area contributed by atoms with Crippen molar-refractivity contribution in [2.75, 3.05) is 25.6 Å². The van der Waals surface area contributed by atoms with Crippen LogP contribution in [0.2, 0.25) is 0 Å². The van der Waals surface area contributed by atoms with Crippen LogP contribution in [-0.4, -0.2) is 36.0 Å². The van der Waals surface area contributed by atoms with Crippen LogP contribution < -0.4 is 9.54 Å². The van der Waals surface area contributed by atoms with Crippen LogP contribution in [0.5, 0.6) is 5.75 Å². The molecule has 0 N–H and O–H groups in total. The lowest BCUT2D eigenvalue weighted by Gasteiger charge is -2.06. The maximum absolute atomic E-state index is 12.5. The molecule has 0 atom stereocenters. The highest BCUT2D eigenvalue weighted by Crippen LogP contribution is 2.23. The maximum Gasteiger partial charge on any atom is 0.249 e. The van der Waals surface area contributed by atoms with Crippen molar-refractivity contribution in [2.24, 2.45) is 4.99 Å². The fraction of sp³-hybridized carbons (Fsp3) is 0.364. The number of nitrogens with zero attached hydrogens (tertiary/aromatic N) is 2. The van der Waals surface area contributed by atoms with Gasteiger partial charge in [0.1, 0.15) is 5.75 Å². The predicted molar refractivity (Wildman–Crippen MR) is 120 cm³/mol. The maximum atomic E-state index is 12.5. The monoisotopic (exact) mass is 430 g/mol. The number of carbonyl (C=O) groups excluding carboxylic acids is 1. The lowest BCUT2D eigenvalue weighted by atomic mass is 10.3. The number of thioether (sulfide) groups is 1. The molecule has 0 radical (unpaired) electrons. The van der Waals surface area contributed by atoms with Gasteiger partial charge in [0.05, 0.1) is 23.4 Å². The van der Waals surface area contributed by atoms with E-state index >= 15 is 0 Å². The molecule has 0 aliphatic heterocycles. The van der Waals surface area contributed by atoms with Crippen molar-refractivity contribution in [3.8, 4) is 5.75 Å². The molecule has 5 nitrogen and oxygen atoms in total. The number of fused-ring (bicyclic) bond motifs is 1. The zero-order chi connectivity index (χ0) is 20.5. The van der Waals surface area contributed by atoms with E-state index in [2.05, 4.69) is 21.7 Å². The third-order valence-corrected chi connectivity index (χ3v) is 6.23. The van der Waals surface area contributed by atoms with E-state index in [-0.39, 0.29) is 5.91 Å². The molecule has 0 fully saturated rings. The van der Waals surface area contributed by atoms with Crippen molar-refractivity contribution < 1.29 is 14.3 Å². The first kappa shape index (κ1) is 21.6. The van der Waals surface area contributed by atoms with E-state index < -0.39 is 0 Å². The summed E-state index contributed by atoms with van der Waals surface area (Å²) in [4.78, 5) is 18.8. The van der Waals surface area contributed by atoms with E-state index in [0.29, 0.717) is 43.3 Å². The molecule has 0 saturated carbocycles. The number of carbonyl (C=O) groups is 1. The van der Waals surface area contributed by atoms with Crippen LogP contribution in [0.4, 0.5) is 0 Å². The topological polar surface area (TPSA) is 52.8 Å². The van der Waals surface area contributed by atoms with Crippen LogP contribution in [0.15, 0.2) is 58.4 Å². The number of benzene rings is 2. The van der Waals surface area contributed by atoms with Gasteiger partial charge in [-0.3, -0.25) is 4.79 Å². The van der Waals surface area contributed by atoms with Gasteiger partial charge in [0, 0.05) is 30.2 Å². The van der Waals surface area contributed by atoms with E-state index in [1.165, 1.54) is 11.3 Å². The van der Waals surface area contributed by atoms with Gasteiger partial charge in [0.2, 0.25) is 5.91 Å². The van der Waals surface area contributed by atoms with Gasteiger partial charge in [-0.1, -0.05) is 29.5 Å². The van der Waals surface area contributed by atoms with Crippen molar-refractivity contribution >= 4 is 39.2 Å². The summed E-state index contributed by atoms with van der Waals surface area (Å²) in [5.74, 6) is 1.44. The average molecular weight is 431 g/mol. The molecule has 7 heteroatoms. The van der Waals surface area contributed by atoms with E-state index in [1.807, 2.05) is 50.2 Å². The Labute approximate surface area is 179 Å². The van der Waals surface area contributed by atoms with Gasteiger partial charge in [-0.25, -0.2) is 0 Å². The van der Waals surface area contributed by atoms with Crippen molar-refractivity contribution in [1.29, 1.82) is 0 Å². The molecular formula is C22H26N2O3S2. The first-order valence-corrected chi connectivity index (χ1v) is 11.6. The average Bonchev–Trinajstić information content (AvgIpc) is 3.05. The lowest BCUT2D eigenvalue weighted by Crippen LogP contribution is -2.19. The SMILES string of the molecule is CCOCCn1c(=NC(=O)CCSc2ccccc2)sc2cc(OCC)ccc21. The Morgan fingerprint density at radius 3 is 2.72 bits per heavy atom. The first-order chi connectivity index (χ1) is 14.2. The lowest BCUT2D eigenvalue weighted by molar-refractivity contribution is -0.117. The van der Waals surface area contributed by atoms with Crippen molar-refractivity contribution in [3.05, 3.63) is 53.3 Å². The normalized spacial score (nSPS) is 11.9. The second-order valence-corrected chi connectivity index (χ2v) is 8.39. The van der Waals surface area contributed by atoms with Crippen LogP contribution in [0.1, 0.15) is 20.3 Å². The zero-order valence-corrected chi connectivity index (χ0v) is 18.4. The molecule has 0 aliphatic rings. The van der Waals surface area contributed by atoms with Gasteiger partial charge in [0.15, 0.2) is 4.80 Å². The Morgan fingerprint density at radius 1 is 1.14 bits per heavy atom. The quantitative estimate of drug-likeness (QED) is 0.344. The third-order valence-electron chi connectivity index (χ3n) is 4.18. The fourth-order valence-electron chi connectivity index (χ4n) is 2.85. The summed E-state index contributed by atoms with van der Waals surface area (Å²) in [5.41, 5.74) is 1.04. The van der Waals surface area contributed by atoms with Crippen LogP contribution >= 0.6 is 23.1 Å². The van der Waals surface area contributed by atoms with E-state index in [9.17, 15) is 4.79 Å². The molecular weight excluding hydrogens is 404 g/mol. The number of rotatable bonds is 10. The summed E-state index contributed by atoms with van der Waals surface area (Å²) < 4.78 is 14.2. The van der Waals surface area contributed by atoms with Gasteiger partial charge in [-0.2, -0.15) is 4.99 Å². The van der Waals surface area contributed by atoms with Gasteiger partial charge < -0.3 is 14.0 Å². The van der Waals surface area contributed by atoms with Crippen LogP contribution in [0, 0.1) is 0 Å². The highest BCUT2D eigenvalue weighted by Gasteiger charge is 2.09. The number of thiazole rings is 1. The Kier molecular flexibility index (Phi) is 8.34. The minimum Gasteiger partial charge on any atom is -0.494 e. The number of hydrogen-bond acceptors (Lipinski definition) is 5. The molecule has 0 aliphatic carbocycles. The molecule has 0 bridgehead atoms. The van der Waals surface area contributed by atoms with Gasteiger partial charge >= 0.3 is 0 Å². The van der Waals surface area contributed by atoms with Crippen LogP contribution in [0.25, 0.3) is 10.2 Å². The largest absolute Gasteiger partial charge is 0.494 e. The Balaban J connectivity index is 1.78. The molecule has 1 heterocycles. The Hall–Kier alpha value is -2.09. The molecule has 1 aromatic heterocycles. The minimum absolute atomic E-state index is 0.102. The Bertz CT molecular complexity index is 996. The second kappa shape index (κ2) is 11.2. The van der Waals surface area contributed by atoms with Gasteiger partial charge in [0.25, 0.3) is 0 Å². The highest BCUT2D eigenvalue weighted by molar-refractivity contribution is 7.99. The second-order valence-electron chi connectivity index (χ2n) is 6.21. The van der Waals surface area contributed by atoms with Crippen LogP contribution in [0.3, 0.4) is 0 Å². The summed E-state index contributed by atoms with van der Waals surface area (Å²) in [6, 6.07) is 16.1. The summed E-state index contributed by atoms with van der Waals surface area (Å²) in [6.07, 6.45) is 0.406. The standard InChI is InChI=1S/C22H26N2O3S2/c1-3-26-14-13-24-19-11-10-17(27-4-2)16-20(19)29-22(24)23-21(25)12-15-28-18-8-6-5-7-9-18/h5-11,16H,3-4,12-15H2,1-2H3.